The van der Waals surface area contributed by atoms with Crippen LogP contribution in [0.25, 0.3) is 0 Å². The molecule has 2 rings (SSSR count). The number of ketones is 1. The molecule has 0 bridgehead atoms. The number of likely N-dealkylation sites (tertiary alicyclic amines) is 1. The van der Waals surface area contributed by atoms with E-state index < -0.39 is 4.92 Å². The van der Waals surface area contributed by atoms with Gasteiger partial charge in [0.1, 0.15) is 0 Å². The minimum absolute atomic E-state index is 0.0665. The number of hydrogen-bond acceptors (Lipinski definition) is 4. The van der Waals surface area contributed by atoms with E-state index in [0.717, 1.165) is 19.5 Å². The molecule has 1 aliphatic heterocycles. The Morgan fingerprint density at radius 3 is 3.00 bits per heavy atom. The molecule has 1 unspecified atom stereocenters. The molecule has 1 saturated heterocycles. The van der Waals surface area contributed by atoms with Gasteiger partial charge in [-0.15, -0.1) is 0 Å². The summed E-state index contributed by atoms with van der Waals surface area (Å²) in [6.07, 6.45) is 2.36. The van der Waals surface area contributed by atoms with Gasteiger partial charge >= 0.3 is 0 Å². The molecule has 0 aromatic carbocycles. The standard InChI is InChI=1S/C11H15N3O3/c1-8-2-3-13(6-8)7-11(15)10-4-9(5-12-10)14(16)17/h4-5,8,12H,2-3,6-7H2,1H3. The van der Waals surface area contributed by atoms with Crippen LogP contribution in [0, 0.1) is 16.0 Å². The second-order valence-electron chi connectivity index (χ2n) is 4.58. The molecule has 1 aliphatic rings. The van der Waals surface area contributed by atoms with Gasteiger partial charge in [-0.3, -0.25) is 19.8 Å². The van der Waals surface area contributed by atoms with Crippen LogP contribution in [0.1, 0.15) is 23.8 Å². The molecule has 0 saturated carbocycles. The molecule has 1 N–H and O–H groups in total. The third-order valence-electron chi connectivity index (χ3n) is 3.05. The van der Waals surface area contributed by atoms with E-state index in [1.54, 1.807) is 0 Å². The average molecular weight is 237 g/mol. The van der Waals surface area contributed by atoms with E-state index >= 15 is 0 Å². The summed E-state index contributed by atoms with van der Waals surface area (Å²) >= 11 is 0. The lowest BCUT2D eigenvalue weighted by Crippen LogP contribution is -2.27. The average Bonchev–Trinajstić information content (AvgIpc) is 2.86. The number of nitro groups is 1. The Morgan fingerprint density at radius 2 is 2.47 bits per heavy atom. The van der Waals surface area contributed by atoms with E-state index in [-0.39, 0.29) is 11.5 Å². The molecular weight excluding hydrogens is 222 g/mol. The Labute approximate surface area is 98.8 Å². The SMILES string of the molecule is CC1CCN(CC(=O)c2cc([N+](=O)[O-])c[nH]2)C1. The zero-order valence-electron chi connectivity index (χ0n) is 9.68. The zero-order chi connectivity index (χ0) is 12.4. The van der Waals surface area contributed by atoms with E-state index in [0.29, 0.717) is 18.2 Å². The van der Waals surface area contributed by atoms with Crippen molar-refractivity contribution in [3.8, 4) is 0 Å². The third kappa shape index (κ3) is 2.71. The number of carbonyl (C=O) groups is 1. The van der Waals surface area contributed by atoms with Crippen LogP contribution in [-0.2, 0) is 0 Å². The summed E-state index contributed by atoms with van der Waals surface area (Å²) in [6, 6.07) is 1.29. The first kappa shape index (κ1) is 11.8. The van der Waals surface area contributed by atoms with Crippen LogP contribution in [0.5, 0.6) is 0 Å². The van der Waals surface area contributed by atoms with Gasteiger partial charge in [-0.25, -0.2) is 0 Å². The first-order chi connectivity index (χ1) is 8.06. The van der Waals surface area contributed by atoms with Gasteiger partial charge in [0.25, 0.3) is 5.69 Å². The zero-order valence-corrected chi connectivity index (χ0v) is 9.68. The van der Waals surface area contributed by atoms with Crippen LogP contribution in [0.2, 0.25) is 0 Å². The predicted octanol–water partition coefficient (Wildman–Crippen LogP) is 1.45. The second kappa shape index (κ2) is 4.67. The molecular formula is C11H15N3O3. The van der Waals surface area contributed by atoms with Crippen molar-refractivity contribution in [1.82, 2.24) is 9.88 Å². The van der Waals surface area contributed by atoms with Gasteiger partial charge in [0.2, 0.25) is 0 Å². The first-order valence-corrected chi connectivity index (χ1v) is 5.64. The fourth-order valence-electron chi connectivity index (χ4n) is 2.11. The Kier molecular flexibility index (Phi) is 3.23. The van der Waals surface area contributed by atoms with Gasteiger partial charge in [-0.1, -0.05) is 6.92 Å². The summed E-state index contributed by atoms with van der Waals surface area (Å²) in [7, 11) is 0. The summed E-state index contributed by atoms with van der Waals surface area (Å²) in [4.78, 5) is 26.6. The van der Waals surface area contributed by atoms with Crippen molar-refractivity contribution in [1.29, 1.82) is 0 Å². The number of nitrogens with one attached hydrogen (secondary N) is 1. The van der Waals surface area contributed by atoms with Crippen LogP contribution >= 0.6 is 0 Å². The lowest BCUT2D eigenvalue weighted by molar-refractivity contribution is -0.384. The van der Waals surface area contributed by atoms with Crippen LogP contribution in [0.15, 0.2) is 12.3 Å². The molecule has 6 heteroatoms. The van der Waals surface area contributed by atoms with Crippen molar-refractivity contribution in [3.63, 3.8) is 0 Å². The summed E-state index contributed by atoms with van der Waals surface area (Å²) in [5.41, 5.74) is 0.249. The third-order valence-corrected chi connectivity index (χ3v) is 3.05. The van der Waals surface area contributed by atoms with Crippen molar-refractivity contribution >= 4 is 11.5 Å². The highest BCUT2D eigenvalue weighted by atomic mass is 16.6. The molecule has 0 radical (unpaired) electrons. The number of H-pyrrole nitrogens is 1. The molecule has 1 atom stereocenters. The smallest absolute Gasteiger partial charge is 0.287 e. The molecule has 0 amide bonds. The highest BCUT2D eigenvalue weighted by molar-refractivity contribution is 5.96. The van der Waals surface area contributed by atoms with Crippen LogP contribution in [0.4, 0.5) is 5.69 Å². The minimum Gasteiger partial charge on any atom is -0.353 e. The molecule has 1 fully saturated rings. The molecule has 2 heterocycles. The predicted molar refractivity (Wildman–Crippen MR) is 62.0 cm³/mol. The number of carbonyl (C=O) groups excluding carboxylic acids is 1. The van der Waals surface area contributed by atoms with Crippen molar-refractivity contribution < 1.29 is 9.72 Å². The second-order valence-corrected chi connectivity index (χ2v) is 4.58. The van der Waals surface area contributed by atoms with Crippen molar-refractivity contribution in [2.75, 3.05) is 19.6 Å². The minimum atomic E-state index is -0.509. The van der Waals surface area contributed by atoms with E-state index in [2.05, 4.69) is 16.8 Å². The molecule has 6 nitrogen and oxygen atoms in total. The number of aromatic amines is 1. The van der Waals surface area contributed by atoms with Crippen LogP contribution in [-0.4, -0.2) is 40.2 Å². The topological polar surface area (TPSA) is 79.2 Å². The molecule has 0 spiro atoms. The largest absolute Gasteiger partial charge is 0.353 e. The monoisotopic (exact) mass is 237 g/mol. The number of hydrogen-bond donors (Lipinski definition) is 1. The van der Waals surface area contributed by atoms with Crippen molar-refractivity contribution in [2.45, 2.75) is 13.3 Å². The van der Waals surface area contributed by atoms with Gasteiger partial charge in [0.15, 0.2) is 5.78 Å². The molecule has 92 valence electrons. The Balaban J connectivity index is 1.97. The summed E-state index contributed by atoms with van der Waals surface area (Å²) < 4.78 is 0. The highest BCUT2D eigenvalue weighted by Gasteiger charge is 2.22. The van der Waals surface area contributed by atoms with Gasteiger partial charge in [0.05, 0.1) is 23.4 Å². The first-order valence-electron chi connectivity index (χ1n) is 5.64. The van der Waals surface area contributed by atoms with Crippen molar-refractivity contribution in [3.05, 3.63) is 28.1 Å². The maximum absolute atomic E-state index is 11.8. The van der Waals surface area contributed by atoms with E-state index in [4.69, 9.17) is 0 Å². The van der Waals surface area contributed by atoms with Gasteiger partial charge < -0.3 is 4.98 Å². The Hall–Kier alpha value is -1.69. The maximum atomic E-state index is 11.8. The van der Waals surface area contributed by atoms with E-state index in [1.165, 1.54) is 12.3 Å². The van der Waals surface area contributed by atoms with E-state index in [9.17, 15) is 14.9 Å². The van der Waals surface area contributed by atoms with Crippen LogP contribution < -0.4 is 0 Å². The molecule has 1 aromatic rings. The van der Waals surface area contributed by atoms with Gasteiger partial charge in [0, 0.05) is 12.6 Å². The van der Waals surface area contributed by atoms with Gasteiger partial charge in [-0.05, 0) is 18.9 Å². The lowest BCUT2D eigenvalue weighted by Gasteiger charge is -2.12. The normalized spacial score (nSPS) is 20.6. The molecule has 1 aromatic heterocycles. The Bertz CT molecular complexity index is 441. The van der Waals surface area contributed by atoms with Crippen LogP contribution in [0.3, 0.4) is 0 Å². The number of rotatable bonds is 4. The summed E-state index contributed by atoms with van der Waals surface area (Å²) in [5.74, 6) is 0.535. The van der Waals surface area contributed by atoms with Gasteiger partial charge in [-0.2, -0.15) is 0 Å². The molecule has 17 heavy (non-hydrogen) atoms. The summed E-state index contributed by atoms with van der Waals surface area (Å²) in [6.45, 7) is 4.34. The number of Topliss-reactive ketones (excluding diaryl/α,β-unsaturated/α-hetero) is 1. The maximum Gasteiger partial charge on any atom is 0.287 e. The fourth-order valence-corrected chi connectivity index (χ4v) is 2.11. The lowest BCUT2D eigenvalue weighted by atomic mass is 10.2. The van der Waals surface area contributed by atoms with E-state index in [1.807, 2.05) is 0 Å². The number of nitrogens with zero attached hydrogens (tertiary/aromatic N) is 2. The quantitative estimate of drug-likeness (QED) is 0.488. The molecule has 0 aliphatic carbocycles. The summed E-state index contributed by atoms with van der Waals surface area (Å²) in [5, 5.41) is 10.5. The van der Waals surface area contributed by atoms with Crippen molar-refractivity contribution in [2.24, 2.45) is 5.92 Å². The number of aromatic nitrogens is 1. The Morgan fingerprint density at radius 1 is 1.71 bits per heavy atom. The highest BCUT2D eigenvalue weighted by Crippen LogP contribution is 2.17. The fraction of sp³-hybridized carbons (Fsp3) is 0.545.